The van der Waals surface area contributed by atoms with Crippen molar-refractivity contribution in [2.24, 2.45) is 0 Å². The van der Waals surface area contributed by atoms with Gasteiger partial charge in [0.05, 0.1) is 0 Å². The number of sulfonamides is 1. The zero-order valence-electron chi connectivity index (χ0n) is 13.9. The van der Waals surface area contributed by atoms with Crippen molar-refractivity contribution >= 4 is 33.1 Å². The largest absolute Gasteiger partial charge is 0.324 e. The average Bonchev–Trinajstić information content (AvgIpc) is 3.13. The molecule has 1 aliphatic heterocycles. The van der Waals surface area contributed by atoms with E-state index < -0.39 is 10.0 Å². The minimum atomic E-state index is -3.46. The van der Waals surface area contributed by atoms with Crippen LogP contribution in [-0.4, -0.2) is 38.5 Å². The van der Waals surface area contributed by atoms with Crippen LogP contribution in [0, 0.1) is 6.92 Å². The van der Waals surface area contributed by atoms with Gasteiger partial charge in [-0.25, -0.2) is 17.9 Å². The maximum absolute atomic E-state index is 12.3. The number of nitrogens with zero attached hydrogens (tertiary/aromatic N) is 1. The zero-order valence-corrected chi connectivity index (χ0v) is 15.6. The average molecular weight is 380 g/mol. The first-order valence-electron chi connectivity index (χ1n) is 8.12. The molecule has 0 spiro atoms. The number of aryl methyl sites for hydroxylation is 1. The lowest BCUT2D eigenvalue weighted by Gasteiger charge is -2.32. The first-order valence-corrected chi connectivity index (χ1v) is 10.5. The van der Waals surface area contributed by atoms with Crippen LogP contribution in [0.1, 0.15) is 18.4 Å². The van der Waals surface area contributed by atoms with E-state index in [1.807, 2.05) is 31.2 Å². The molecule has 1 aromatic heterocycles. The van der Waals surface area contributed by atoms with E-state index in [1.54, 1.807) is 22.4 Å². The molecule has 1 fully saturated rings. The number of amides is 2. The summed E-state index contributed by atoms with van der Waals surface area (Å²) in [5, 5.41) is 4.62. The summed E-state index contributed by atoms with van der Waals surface area (Å²) in [5.41, 5.74) is 1.90. The van der Waals surface area contributed by atoms with E-state index in [4.69, 9.17) is 0 Å². The normalized spacial score (nSPS) is 16.0. The van der Waals surface area contributed by atoms with Gasteiger partial charge < -0.3 is 10.2 Å². The Morgan fingerprint density at radius 3 is 2.44 bits per heavy atom. The molecule has 134 valence electrons. The van der Waals surface area contributed by atoms with Gasteiger partial charge >= 0.3 is 6.03 Å². The fraction of sp³-hybridized carbons (Fsp3) is 0.353. The Morgan fingerprint density at radius 1 is 1.16 bits per heavy atom. The second kappa shape index (κ2) is 7.55. The van der Waals surface area contributed by atoms with Crippen LogP contribution in [-0.2, 0) is 10.0 Å². The molecule has 2 aromatic rings. The van der Waals surface area contributed by atoms with Gasteiger partial charge in [-0.3, -0.25) is 0 Å². The third kappa shape index (κ3) is 4.59. The number of anilines is 1. The molecule has 0 atom stereocenters. The summed E-state index contributed by atoms with van der Waals surface area (Å²) in [6.45, 7) is 3.04. The number of thiophene rings is 1. The molecule has 0 saturated carbocycles. The number of rotatable bonds is 4. The summed E-state index contributed by atoms with van der Waals surface area (Å²) in [6.07, 6.45) is 1.21. The molecule has 1 saturated heterocycles. The number of urea groups is 1. The molecule has 0 unspecified atom stereocenters. The molecule has 1 aliphatic rings. The number of piperidine rings is 1. The SMILES string of the molecule is Cc1ccc(NC(=O)N2CCC(NS(=O)(=O)c3cccs3)CC2)cc1. The van der Waals surface area contributed by atoms with Crippen molar-refractivity contribution in [2.75, 3.05) is 18.4 Å². The van der Waals surface area contributed by atoms with Gasteiger partial charge in [-0.05, 0) is 43.3 Å². The van der Waals surface area contributed by atoms with Crippen molar-refractivity contribution in [1.82, 2.24) is 9.62 Å². The maximum atomic E-state index is 12.3. The van der Waals surface area contributed by atoms with Crippen LogP contribution in [0.25, 0.3) is 0 Å². The Morgan fingerprint density at radius 2 is 1.84 bits per heavy atom. The first-order chi connectivity index (χ1) is 11.9. The number of hydrogen-bond donors (Lipinski definition) is 2. The zero-order chi connectivity index (χ0) is 17.9. The fourth-order valence-corrected chi connectivity index (χ4v) is 5.05. The molecular formula is C17H21N3O3S2. The van der Waals surface area contributed by atoms with Crippen molar-refractivity contribution < 1.29 is 13.2 Å². The van der Waals surface area contributed by atoms with Crippen LogP contribution in [0.4, 0.5) is 10.5 Å². The summed E-state index contributed by atoms with van der Waals surface area (Å²) in [7, 11) is -3.46. The van der Waals surface area contributed by atoms with Gasteiger partial charge in [-0.15, -0.1) is 11.3 Å². The maximum Gasteiger partial charge on any atom is 0.321 e. The van der Waals surface area contributed by atoms with E-state index in [2.05, 4.69) is 10.0 Å². The molecule has 2 amide bonds. The Labute approximate surface area is 151 Å². The molecule has 0 bridgehead atoms. The summed E-state index contributed by atoms with van der Waals surface area (Å²) in [4.78, 5) is 14.0. The molecule has 6 nitrogen and oxygen atoms in total. The predicted molar refractivity (Wildman–Crippen MR) is 99.4 cm³/mol. The van der Waals surface area contributed by atoms with Crippen molar-refractivity contribution in [3.8, 4) is 0 Å². The molecule has 2 heterocycles. The van der Waals surface area contributed by atoms with Gasteiger partial charge in [0.25, 0.3) is 0 Å². The number of carbonyl (C=O) groups is 1. The number of nitrogens with one attached hydrogen (secondary N) is 2. The second-order valence-electron chi connectivity index (χ2n) is 6.11. The van der Waals surface area contributed by atoms with Crippen LogP contribution in [0.3, 0.4) is 0 Å². The number of likely N-dealkylation sites (tertiary alicyclic amines) is 1. The molecular weight excluding hydrogens is 358 g/mol. The predicted octanol–water partition coefficient (Wildman–Crippen LogP) is 3.03. The Bertz CT molecular complexity index is 809. The van der Waals surface area contributed by atoms with Gasteiger partial charge in [0.15, 0.2) is 0 Å². The van der Waals surface area contributed by atoms with Gasteiger partial charge in [0.2, 0.25) is 10.0 Å². The first kappa shape index (κ1) is 17.9. The Kier molecular flexibility index (Phi) is 5.41. The monoisotopic (exact) mass is 379 g/mol. The van der Waals surface area contributed by atoms with Crippen LogP contribution >= 0.6 is 11.3 Å². The van der Waals surface area contributed by atoms with E-state index in [1.165, 1.54) is 11.3 Å². The minimum absolute atomic E-state index is 0.143. The number of benzene rings is 1. The third-order valence-corrected chi connectivity index (χ3v) is 7.08. The van der Waals surface area contributed by atoms with Gasteiger partial charge in [0, 0.05) is 24.8 Å². The molecule has 0 aliphatic carbocycles. The molecule has 25 heavy (non-hydrogen) atoms. The van der Waals surface area contributed by atoms with E-state index in [9.17, 15) is 13.2 Å². The summed E-state index contributed by atoms with van der Waals surface area (Å²) in [6, 6.07) is 10.7. The fourth-order valence-electron chi connectivity index (χ4n) is 2.73. The highest BCUT2D eigenvalue weighted by molar-refractivity contribution is 7.91. The summed E-state index contributed by atoms with van der Waals surface area (Å²) < 4.78 is 27.6. The van der Waals surface area contributed by atoms with Crippen molar-refractivity contribution in [1.29, 1.82) is 0 Å². The lowest BCUT2D eigenvalue weighted by atomic mass is 10.1. The molecule has 3 rings (SSSR count). The topological polar surface area (TPSA) is 78.5 Å². The van der Waals surface area contributed by atoms with Gasteiger partial charge in [-0.1, -0.05) is 23.8 Å². The Balaban J connectivity index is 1.51. The molecule has 0 radical (unpaired) electrons. The highest BCUT2D eigenvalue weighted by atomic mass is 32.2. The molecule has 2 N–H and O–H groups in total. The highest BCUT2D eigenvalue weighted by Gasteiger charge is 2.27. The van der Waals surface area contributed by atoms with Crippen molar-refractivity contribution in [3.05, 3.63) is 47.3 Å². The Hall–Kier alpha value is -1.90. The van der Waals surface area contributed by atoms with Crippen LogP contribution < -0.4 is 10.0 Å². The van der Waals surface area contributed by atoms with Crippen molar-refractivity contribution in [3.63, 3.8) is 0 Å². The van der Waals surface area contributed by atoms with Crippen LogP contribution in [0.15, 0.2) is 46.0 Å². The molecule has 1 aromatic carbocycles. The summed E-state index contributed by atoms with van der Waals surface area (Å²) >= 11 is 1.20. The van der Waals surface area contributed by atoms with E-state index in [0.29, 0.717) is 30.1 Å². The van der Waals surface area contributed by atoms with E-state index in [-0.39, 0.29) is 12.1 Å². The number of hydrogen-bond acceptors (Lipinski definition) is 4. The number of carbonyl (C=O) groups excluding carboxylic acids is 1. The van der Waals surface area contributed by atoms with Crippen LogP contribution in [0.2, 0.25) is 0 Å². The van der Waals surface area contributed by atoms with Gasteiger partial charge in [0.1, 0.15) is 4.21 Å². The van der Waals surface area contributed by atoms with Crippen molar-refractivity contribution in [2.45, 2.75) is 30.0 Å². The van der Waals surface area contributed by atoms with E-state index >= 15 is 0 Å². The lowest BCUT2D eigenvalue weighted by molar-refractivity contribution is 0.193. The van der Waals surface area contributed by atoms with E-state index in [0.717, 1.165) is 11.3 Å². The lowest BCUT2D eigenvalue weighted by Crippen LogP contribution is -2.47. The molecule has 8 heteroatoms. The second-order valence-corrected chi connectivity index (χ2v) is 9.00. The third-order valence-electron chi connectivity index (χ3n) is 4.17. The summed E-state index contributed by atoms with van der Waals surface area (Å²) in [5.74, 6) is 0. The minimum Gasteiger partial charge on any atom is -0.324 e. The smallest absolute Gasteiger partial charge is 0.321 e. The highest BCUT2D eigenvalue weighted by Crippen LogP contribution is 2.19. The van der Waals surface area contributed by atoms with Crippen LogP contribution in [0.5, 0.6) is 0 Å². The quantitative estimate of drug-likeness (QED) is 0.857. The van der Waals surface area contributed by atoms with Gasteiger partial charge in [-0.2, -0.15) is 0 Å². The standard InChI is InChI=1S/C17H21N3O3S2/c1-13-4-6-14(7-5-13)18-17(21)20-10-8-15(9-11-20)19-25(22,23)16-3-2-12-24-16/h2-7,12,15,19H,8-11H2,1H3,(H,18,21).